The van der Waals surface area contributed by atoms with Crippen molar-refractivity contribution in [2.45, 2.75) is 13.0 Å². The molecule has 0 saturated heterocycles. The maximum Gasteiger partial charge on any atom is 0.316 e. The van der Waals surface area contributed by atoms with Crippen molar-refractivity contribution in [3.05, 3.63) is 35.4 Å². The lowest BCUT2D eigenvalue weighted by molar-refractivity contribution is 0.151. The molecule has 0 aliphatic heterocycles. The van der Waals surface area contributed by atoms with Crippen molar-refractivity contribution in [2.24, 2.45) is 0 Å². The summed E-state index contributed by atoms with van der Waals surface area (Å²) in [6, 6.07) is 6.15. The summed E-state index contributed by atoms with van der Waals surface area (Å²) in [6.45, 7) is 1.57. The lowest BCUT2D eigenvalue weighted by Gasteiger charge is -2.12. The van der Waals surface area contributed by atoms with Crippen LogP contribution >= 0.6 is 0 Å². The molecule has 1 rings (SSSR count). The second kappa shape index (κ2) is 7.68. The lowest BCUT2D eigenvalue weighted by atomic mass is 10.1. The molecule has 1 aromatic carbocycles. The Morgan fingerprint density at radius 2 is 2.05 bits per heavy atom. The molecule has 0 radical (unpaired) electrons. The molecule has 2 amide bonds. The van der Waals surface area contributed by atoms with Crippen LogP contribution in [0.25, 0.3) is 0 Å². The van der Waals surface area contributed by atoms with E-state index in [0.29, 0.717) is 19.6 Å². The molecule has 19 heavy (non-hydrogen) atoms. The van der Waals surface area contributed by atoms with E-state index in [9.17, 15) is 13.6 Å². The quantitative estimate of drug-likeness (QED) is 0.777. The van der Waals surface area contributed by atoms with Crippen molar-refractivity contribution in [2.75, 3.05) is 27.2 Å². The molecule has 0 spiro atoms. The normalized spacial score (nSPS) is 10.6. The van der Waals surface area contributed by atoms with Gasteiger partial charge in [-0.3, -0.25) is 0 Å². The topological polar surface area (TPSA) is 44.4 Å². The average Bonchev–Trinajstić information content (AvgIpc) is 2.38. The van der Waals surface area contributed by atoms with E-state index in [1.54, 1.807) is 26.2 Å². The van der Waals surface area contributed by atoms with Gasteiger partial charge in [-0.15, -0.1) is 0 Å². The number of hydrogen-bond acceptors (Lipinski definition) is 2. The summed E-state index contributed by atoms with van der Waals surface area (Å²) in [7, 11) is 3.33. The molecular formula is C13H19F2N3O. The number of benzene rings is 1. The number of nitrogens with one attached hydrogen (secondary N) is 2. The molecule has 0 aliphatic carbocycles. The molecule has 0 atom stereocenters. The minimum atomic E-state index is -2.45. The summed E-state index contributed by atoms with van der Waals surface area (Å²) in [5.74, 6) is 0. The van der Waals surface area contributed by atoms with Crippen molar-refractivity contribution in [3.63, 3.8) is 0 Å². The van der Waals surface area contributed by atoms with E-state index in [2.05, 4.69) is 10.6 Å². The van der Waals surface area contributed by atoms with Crippen LogP contribution in [0.15, 0.2) is 24.3 Å². The SMILES string of the molecule is CN(C)C(=O)NCCNCc1cccc(C(F)F)c1. The molecule has 0 bridgehead atoms. The highest BCUT2D eigenvalue weighted by Gasteiger charge is 2.06. The number of alkyl halides is 2. The molecule has 0 unspecified atom stereocenters. The van der Waals surface area contributed by atoms with Crippen LogP contribution < -0.4 is 10.6 Å². The van der Waals surface area contributed by atoms with Gasteiger partial charge in [-0.05, 0) is 11.6 Å². The molecule has 0 fully saturated rings. The van der Waals surface area contributed by atoms with Gasteiger partial charge < -0.3 is 15.5 Å². The summed E-state index contributed by atoms with van der Waals surface area (Å²) in [4.78, 5) is 12.6. The maximum atomic E-state index is 12.5. The first-order valence-corrected chi connectivity index (χ1v) is 6.03. The number of nitrogens with zero attached hydrogens (tertiary/aromatic N) is 1. The molecule has 4 nitrogen and oxygen atoms in total. The van der Waals surface area contributed by atoms with Gasteiger partial charge in [-0.2, -0.15) is 0 Å². The van der Waals surface area contributed by atoms with E-state index < -0.39 is 6.43 Å². The van der Waals surface area contributed by atoms with Crippen LogP contribution in [-0.4, -0.2) is 38.1 Å². The number of urea groups is 1. The fraction of sp³-hybridized carbons (Fsp3) is 0.462. The van der Waals surface area contributed by atoms with Gasteiger partial charge in [0.25, 0.3) is 6.43 Å². The van der Waals surface area contributed by atoms with Crippen LogP contribution in [0, 0.1) is 0 Å². The number of carbonyl (C=O) groups is 1. The first-order chi connectivity index (χ1) is 9.00. The minimum Gasteiger partial charge on any atom is -0.337 e. The first-order valence-electron chi connectivity index (χ1n) is 6.03. The van der Waals surface area contributed by atoms with Gasteiger partial charge in [0.1, 0.15) is 0 Å². The van der Waals surface area contributed by atoms with Crippen molar-refractivity contribution in [3.8, 4) is 0 Å². The van der Waals surface area contributed by atoms with Gasteiger partial charge in [-0.25, -0.2) is 13.6 Å². The second-order valence-corrected chi connectivity index (χ2v) is 4.35. The second-order valence-electron chi connectivity index (χ2n) is 4.35. The van der Waals surface area contributed by atoms with Gasteiger partial charge in [0.05, 0.1) is 0 Å². The van der Waals surface area contributed by atoms with Crippen molar-refractivity contribution < 1.29 is 13.6 Å². The first kappa shape index (κ1) is 15.4. The lowest BCUT2D eigenvalue weighted by Crippen LogP contribution is -2.38. The Labute approximate surface area is 111 Å². The summed E-state index contributed by atoms with van der Waals surface area (Å²) in [5.41, 5.74) is 0.831. The predicted molar refractivity (Wildman–Crippen MR) is 70.2 cm³/mol. The Hall–Kier alpha value is -1.69. The zero-order chi connectivity index (χ0) is 14.3. The molecule has 0 saturated carbocycles. The van der Waals surface area contributed by atoms with E-state index in [1.165, 1.54) is 17.0 Å². The highest BCUT2D eigenvalue weighted by molar-refractivity contribution is 5.73. The Balaban J connectivity index is 2.26. The summed E-state index contributed by atoms with van der Waals surface area (Å²) in [6.07, 6.45) is -2.45. The Morgan fingerprint density at radius 3 is 2.68 bits per heavy atom. The summed E-state index contributed by atoms with van der Waals surface area (Å²) < 4.78 is 25.0. The average molecular weight is 271 g/mol. The van der Waals surface area contributed by atoms with E-state index in [-0.39, 0.29) is 11.6 Å². The molecule has 0 aliphatic rings. The summed E-state index contributed by atoms with van der Waals surface area (Å²) in [5, 5.41) is 5.79. The van der Waals surface area contributed by atoms with Crippen LogP contribution in [-0.2, 0) is 6.54 Å². The largest absolute Gasteiger partial charge is 0.337 e. The Bertz CT molecular complexity index is 411. The van der Waals surface area contributed by atoms with Crippen molar-refractivity contribution in [1.29, 1.82) is 0 Å². The van der Waals surface area contributed by atoms with Crippen LogP contribution in [0.1, 0.15) is 17.6 Å². The standard InChI is InChI=1S/C13H19F2N3O/c1-18(2)13(19)17-7-6-16-9-10-4-3-5-11(8-10)12(14)15/h3-5,8,12,16H,6-7,9H2,1-2H3,(H,17,19). The number of halogens is 2. The zero-order valence-electron chi connectivity index (χ0n) is 11.1. The van der Waals surface area contributed by atoms with Gasteiger partial charge in [0, 0.05) is 39.3 Å². The smallest absolute Gasteiger partial charge is 0.316 e. The van der Waals surface area contributed by atoms with E-state index in [4.69, 9.17) is 0 Å². The molecule has 0 heterocycles. The summed E-state index contributed by atoms with van der Waals surface area (Å²) >= 11 is 0. The highest BCUT2D eigenvalue weighted by Crippen LogP contribution is 2.19. The molecule has 6 heteroatoms. The minimum absolute atomic E-state index is 0.0280. The molecule has 1 aromatic rings. The predicted octanol–water partition coefficient (Wildman–Crippen LogP) is 1.99. The molecule has 0 aromatic heterocycles. The number of rotatable bonds is 6. The molecule has 106 valence electrons. The van der Waals surface area contributed by atoms with Crippen LogP contribution in [0.2, 0.25) is 0 Å². The van der Waals surface area contributed by atoms with E-state index in [0.717, 1.165) is 5.56 Å². The van der Waals surface area contributed by atoms with Gasteiger partial charge >= 0.3 is 6.03 Å². The number of carbonyl (C=O) groups excluding carboxylic acids is 1. The fourth-order valence-electron chi connectivity index (χ4n) is 1.49. The Morgan fingerprint density at radius 1 is 1.32 bits per heavy atom. The zero-order valence-corrected chi connectivity index (χ0v) is 11.1. The third-order valence-electron chi connectivity index (χ3n) is 2.52. The van der Waals surface area contributed by atoms with Gasteiger partial charge in [-0.1, -0.05) is 18.2 Å². The van der Waals surface area contributed by atoms with Gasteiger partial charge in [0.15, 0.2) is 0 Å². The highest BCUT2D eigenvalue weighted by atomic mass is 19.3. The van der Waals surface area contributed by atoms with E-state index in [1.807, 2.05) is 0 Å². The van der Waals surface area contributed by atoms with Crippen LogP contribution in [0.3, 0.4) is 0 Å². The van der Waals surface area contributed by atoms with Crippen LogP contribution in [0.4, 0.5) is 13.6 Å². The third kappa shape index (κ3) is 5.65. The fourth-order valence-corrected chi connectivity index (χ4v) is 1.49. The monoisotopic (exact) mass is 271 g/mol. The number of amides is 2. The number of hydrogen-bond donors (Lipinski definition) is 2. The third-order valence-corrected chi connectivity index (χ3v) is 2.52. The van der Waals surface area contributed by atoms with Crippen molar-refractivity contribution >= 4 is 6.03 Å². The maximum absolute atomic E-state index is 12.5. The molecule has 2 N–H and O–H groups in total. The van der Waals surface area contributed by atoms with Gasteiger partial charge in [0.2, 0.25) is 0 Å². The molecular weight excluding hydrogens is 252 g/mol. The van der Waals surface area contributed by atoms with E-state index >= 15 is 0 Å². The van der Waals surface area contributed by atoms with Crippen LogP contribution in [0.5, 0.6) is 0 Å². The Kier molecular flexibility index (Phi) is 6.21. The van der Waals surface area contributed by atoms with Crippen molar-refractivity contribution in [1.82, 2.24) is 15.5 Å².